The third kappa shape index (κ3) is 14.4. The Hall–Kier alpha value is -5.48. The molecule has 4 aromatic rings. The zero-order chi connectivity index (χ0) is 35.4. The van der Waals surface area contributed by atoms with E-state index in [2.05, 4.69) is 17.6 Å². The molecule has 0 fully saturated rings. The van der Waals surface area contributed by atoms with Crippen LogP contribution in [0.25, 0.3) is 0 Å². The van der Waals surface area contributed by atoms with Gasteiger partial charge in [-0.05, 0) is 85.1 Å². The number of carboxylic acid groups (broad SMARTS) is 1. The summed E-state index contributed by atoms with van der Waals surface area (Å²) in [5.41, 5.74) is 9.93. The van der Waals surface area contributed by atoms with Crippen molar-refractivity contribution in [2.75, 3.05) is 18.5 Å². The predicted octanol–water partition coefficient (Wildman–Crippen LogP) is 6.70. The number of aryl methyl sites for hydroxylation is 1. The summed E-state index contributed by atoms with van der Waals surface area (Å²) in [4.78, 5) is 46.3. The summed E-state index contributed by atoms with van der Waals surface area (Å²) in [5.74, 6) is -0.791. The molecule has 4 rings (SSSR count). The van der Waals surface area contributed by atoms with E-state index in [1.807, 2.05) is 55.5 Å². The van der Waals surface area contributed by atoms with Gasteiger partial charge in [-0.2, -0.15) is 0 Å². The Morgan fingerprint density at radius 2 is 1.31 bits per heavy atom. The average molecular weight is 668 g/mol. The lowest BCUT2D eigenvalue weighted by Gasteiger charge is -2.08. The number of aliphatic carboxylic acids is 1. The van der Waals surface area contributed by atoms with Gasteiger partial charge in [0, 0.05) is 17.8 Å². The van der Waals surface area contributed by atoms with Crippen LogP contribution in [0.5, 0.6) is 11.5 Å². The number of hydrogen-bond acceptors (Lipinski definition) is 7. The first-order valence-electron chi connectivity index (χ1n) is 16.4. The highest BCUT2D eigenvalue weighted by Crippen LogP contribution is 2.17. The predicted molar refractivity (Wildman–Crippen MR) is 190 cm³/mol. The number of rotatable bonds is 16. The number of carboxylic acids is 1. The first-order chi connectivity index (χ1) is 23.7. The van der Waals surface area contributed by atoms with Gasteiger partial charge < -0.3 is 30.9 Å². The highest BCUT2D eigenvalue weighted by Gasteiger charge is 2.10. The number of carbonyl (C=O) groups excluding carboxylic acids is 3. The fraction of sp³-hybridized carbons (Fsp3) is 0.282. The molecular weight excluding hydrogens is 622 g/mol. The van der Waals surface area contributed by atoms with Crippen molar-refractivity contribution in [3.63, 3.8) is 0 Å². The van der Waals surface area contributed by atoms with Crippen LogP contribution >= 0.6 is 0 Å². The maximum absolute atomic E-state index is 12.1. The Morgan fingerprint density at radius 1 is 0.714 bits per heavy atom. The summed E-state index contributed by atoms with van der Waals surface area (Å²) in [6, 6.07) is 28.2. The van der Waals surface area contributed by atoms with Crippen LogP contribution in [-0.4, -0.2) is 42.0 Å². The Kier molecular flexibility index (Phi) is 16.0. The molecule has 10 nitrogen and oxygen atoms in total. The number of ether oxygens (including phenoxy) is 2. The zero-order valence-electron chi connectivity index (χ0n) is 28.1. The van der Waals surface area contributed by atoms with Gasteiger partial charge in [-0.1, -0.05) is 74.6 Å². The monoisotopic (exact) mass is 667 g/mol. The first kappa shape index (κ1) is 38.0. The number of unbranched alkanes of at least 4 members (excludes halogenated alkanes) is 4. The largest absolute Gasteiger partial charge is 0.494 e. The van der Waals surface area contributed by atoms with Gasteiger partial charge >= 0.3 is 11.9 Å². The van der Waals surface area contributed by atoms with Crippen molar-refractivity contribution in [1.29, 1.82) is 0 Å². The molecule has 4 aromatic carbocycles. The number of anilines is 1. The third-order valence-corrected chi connectivity index (χ3v) is 7.29. The maximum atomic E-state index is 12.1. The van der Waals surface area contributed by atoms with Crippen molar-refractivity contribution in [3.8, 4) is 11.5 Å². The molecule has 0 aliphatic heterocycles. The van der Waals surface area contributed by atoms with Crippen LogP contribution < -0.4 is 25.8 Å². The van der Waals surface area contributed by atoms with E-state index < -0.39 is 18.4 Å². The summed E-state index contributed by atoms with van der Waals surface area (Å²) >= 11 is 0. The molecule has 5 N–H and O–H groups in total. The van der Waals surface area contributed by atoms with Crippen LogP contribution in [0.1, 0.15) is 76.4 Å². The number of esters is 1. The zero-order valence-corrected chi connectivity index (χ0v) is 28.1. The molecule has 2 amide bonds. The van der Waals surface area contributed by atoms with Gasteiger partial charge in [0.05, 0.1) is 18.6 Å². The first-order valence-corrected chi connectivity index (χ1v) is 16.4. The Balaban J connectivity index is 0.000000266. The highest BCUT2D eigenvalue weighted by molar-refractivity contribution is 5.97. The summed E-state index contributed by atoms with van der Waals surface area (Å²) in [5, 5.41) is 13.5. The topological polar surface area (TPSA) is 157 Å². The second-order valence-electron chi connectivity index (χ2n) is 11.4. The molecule has 10 heteroatoms. The fourth-order valence-corrected chi connectivity index (χ4v) is 4.50. The van der Waals surface area contributed by atoms with Crippen LogP contribution in [-0.2, 0) is 22.6 Å². The molecule has 0 atom stereocenters. The molecule has 0 radical (unpaired) electrons. The molecule has 0 aliphatic carbocycles. The number of nitrogens with one attached hydrogen (secondary N) is 2. The SMILES string of the molecule is CCCCCCCOc1ccc(C(=O)Oc2ccc(C)cc2)cc1.NCc1ccc(CC(=O)Nc2ccc(C(=O)NCC(=O)O)cc2)cc1. The van der Waals surface area contributed by atoms with Gasteiger partial charge in [-0.3, -0.25) is 14.4 Å². The van der Waals surface area contributed by atoms with Crippen molar-refractivity contribution in [3.05, 3.63) is 125 Å². The molecule has 0 unspecified atom stereocenters. The average Bonchev–Trinajstić information content (AvgIpc) is 3.11. The van der Waals surface area contributed by atoms with Gasteiger partial charge in [0.1, 0.15) is 18.0 Å². The Labute approximate surface area is 287 Å². The van der Waals surface area contributed by atoms with E-state index in [-0.39, 0.29) is 18.3 Å². The van der Waals surface area contributed by atoms with E-state index in [9.17, 15) is 19.2 Å². The fourth-order valence-electron chi connectivity index (χ4n) is 4.50. The minimum Gasteiger partial charge on any atom is -0.494 e. The maximum Gasteiger partial charge on any atom is 0.343 e. The summed E-state index contributed by atoms with van der Waals surface area (Å²) in [7, 11) is 0. The second-order valence-corrected chi connectivity index (χ2v) is 11.4. The van der Waals surface area contributed by atoms with Crippen LogP contribution in [0.15, 0.2) is 97.1 Å². The summed E-state index contributed by atoms with van der Waals surface area (Å²) in [6.45, 7) is 4.94. The van der Waals surface area contributed by atoms with E-state index in [1.54, 1.807) is 36.4 Å². The van der Waals surface area contributed by atoms with E-state index in [4.69, 9.17) is 20.3 Å². The lowest BCUT2D eigenvalue weighted by molar-refractivity contribution is -0.135. The second kappa shape index (κ2) is 20.7. The van der Waals surface area contributed by atoms with E-state index in [1.165, 1.54) is 37.8 Å². The number of hydrogen-bond donors (Lipinski definition) is 4. The van der Waals surface area contributed by atoms with Crippen molar-refractivity contribution >= 4 is 29.4 Å². The molecule has 49 heavy (non-hydrogen) atoms. The van der Waals surface area contributed by atoms with Gasteiger partial charge in [-0.25, -0.2) is 4.79 Å². The summed E-state index contributed by atoms with van der Waals surface area (Å²) < 4.78 is 11.1. The molecule has 0 saturated carbocycles. The van der Waals surface area contributed by atoms with E-state index >= 15 is 0 Å². The molecular formula is C39H45N3O7. The van der Waals surface area contributed by atoms with Crippen molar-refractivity contribution in [1.82, 2.24) is 5.32 Å². The van der Waals surface area contributed by atoms with E-state index in [0.717, 1.165) is 35.5 Å². The van der Waals surface area contributed by atoms with Crippen molar-refractivity contribution in [2.45, 2.75) is 58.9 Å². The third-order valence-electron chi connectivity index (χ3n) is 7.29. The molecule has 0 aliphatic rings. The highest BCUT2D eigenvalue weighted by atomic mass is 16.5. The molecule has 0 spiro atoms. The molecule has 0 bridgehead atoms. The van der Waals surface area contributed by atoms with Crippen LogP contribution in [0.3, 0.4) is 0 Å². The van der Waals surface area contributed by atoms with Crippen LogP contribution in [0.2, 0.25) is 0 Å². The van der Waals surface area contributed by atoms with Crippen molar-refractivity contribution in [2.24, 2.45) is 5.73 Å². The van der Waals surface area contributed by atoms with Crippen LogP contribution in [0.4, 0.5) is 5.69 Å². The Bertz CT molecular complexity index is 1620. The number of nitrogens with two attached hydrogens (primary N) is 1. The Morgan fingerprint density at radius 3 is 1.92 bits per heavy atom. The lowest BCUT2D eigenvalue weighted by atomic mass is 10.1. The normalized spacial score (nSPS) is 10.3. The van der Waals surface area contributed by atoms with E-state index in [0.29, 0.717) is 29.1 Å². The molecule has 0 heterocycles. The van der Waals surface area contributed by atoms with Gasteiger partial charge in [0.15, 0.2) is 0 Å². The van der Waals surface area contributed by atoms with Gasteiger partial charge in [-0.15, -0.1) is 0 Å². The minimum atomic E-state index is -1.11. The molecule has 258 valence electrons. The standard InChI is InChI=1S/C21H26O3.C18H19N3O4/c1-3-4-5-6-7-16-23-19-14-10-18(11-15-19)21(22)24-20-12-8-17(2)9-13-20;19-10-13-3-1-12(2-4-13)9-16(22)21-15-7-5-14(6-8-15)18(25)20-11-17(23)24/h8-15H,3-7,16H2,1-2H3;1-8H,9-11,19H2,(H,20,25)(H,21,22)(H,23,24). The molecule has 0 saturated heterocycles. The van der Waals surface area contributed by atoms with Crippen LogP contribution in [0, 0.1) is 6.92 Å². The van der Waals surface area contributed by atoms with Gasteiger partial charge in [0.2, 0.25) is 5.91 Å². The lowest BCUT2D eigenvalue weighted by Crippen LogP contribution is -2.29. The number of carbonyl (C=O) groups is 4. The smallest absolute Gasteiger partial charge is 0.343 e. The minimum absolute atomic E-state index is 0.177. The number of amides is 2. The van der Waals surface area contributed by atoms with Crippen molar-refractivity contribution < 1.29 is 33.8 Å². The molecule has 0 aromatic heterocycles. The quantitative estimate of drug-likeness (QED) is 0.0584. The van der Waals surface area contributed by atoms with Gasteiger partial charge in [0.25, 0.3) is 5.91 Å². The number of benzene rings is 4. The summed E-state index contributed by atoms with van der Waals surface area (Å²) in [6.07, 6.45) is 6.31.